The lowest BCUT2D eigenvalue weighted by Gasteiger charge is -2.34. The van der Waals surface area contributed by atoms with Crippen LogP contribution in [0.5, 0.6) is 0 Å². The molecule has 0 atom stereocenters. The van der Waals surface area contributed by atoms with E-state index in [-0.39, 0.29) is 5.91 Å². The van der Waals surface area contributed by atoms with Crippen molar-refractivity contribution in [3.63, 3.8) is 0 Å². The van der Waals surface area contributed by atoms with Crippen LogP contribution in [0.4, 0.5) is 0 Å². The molecule has 1 aromatic rings. The van der Waals surface area contributed by atoms with Crippen molar-refractivity contribution >= 4 is 33.4 Å². The number of hydrogen-bond donors (Lipinski definition) is 0. The van der Waals surface area contributed by atoms with Crippen LogP contribution in [0, 0.1) is 6.92 Å². The summed E-state index contributed by atoms with van der Waals surface area (Å²) >= 11 is 9.22. The number of alkyl halides is 1. The molecule has 1 saturated heterocycles. The van der Waals surface area contributed by atoms with Crippen molar-refractivity contribution in [3.05, 3.63) is 33.8 Å². The molecule has 1 aliphatic rings. The van der Waals surface area contributed by atoms with Crippen LogP contribution in [0.2, 0.25) is 0 Å². The summed E-state index contributed by atoms with van der Waals surface area (Å²) in [7, 11) is 0. The quantitative estimate of drug-likeness (QED) is 0.787. The van der Waals surface area contributed by atoms with E-state index in [0.717, 1.165) is 48.3 Å². The molecule has 19 heavy (non-hydrogen) atoms. The van der Waals surface area contributed by atoms with E-state index in [1.54, 1.807) is 0 Å². The highest BCUT2D eigenvalue weighted by Gasteiger charge is 2.23. The lowest BCUT2D eigenvalue weighted by molar-refractivity contribution is 0.0643. The van der Waals surface area contributed by atoms with E-state index in [1.807, 2.05) is 30.0 Å². The topological polar surface area (TPSA) is 23.6 Å². The van der Waals surface area contributed by atoms with E-state index < -0.39 is 0 Å². The highest BCUT2D eigenvalue weighted by Crippen LogP contribution is 2.21. The molecule has 3 nitrogen and oxygen atoms in total. The number of benzene rings is 1. The van der Waals surface area contributed by atoms with Crippen LogP contribution in [0.3, 0.4) is 0 Å². The van der Waals surface area contributed by atoms with Gasteiger partial charge in [0.25, 0.3) is 5.91 Å². The van der Waals surface area contributed by atoms with E-state index >= 15 is 0 Å². The normalized spacial score (nSPS) is 16.7. The number of piperazine rings is 1. The minimum Gasteiger partial charge on any atom is -0.336 e. The zero-order valence-electron chi connectivity index (χ0n) is 11.0. The van der Waals surface area contributed by atoms with Gasteiger partial charge in [0.1, 0.15) is 0 Å². The van der Waals surface area contributed by atoms with Gasteiger partial charge in [-0.15, -0.1) is 11.6 Å². The number of nitrogens with zero attached hydrogens (tertiary/aromatic N) is 2. The summed E-state index contributed by atoms with van der Waals surface area (Å²) in [6.45, 7) is 6.25. The van der Waals surface area contributed by atoms with Gasteiger partial charge in [-0.05, 0) is 24.6 Å². The van der Waals surface area contributed by atoms with Crippen LogP contribution < -0.4 is 0 Å². The number of hydrogen-bond acceptors (Lipinski definition) is 2. The molecule has 0 radical (unpaired) electrons. The number of carbonyl (C=O) groups is 1. The molecule has 0 saturated carbocycles. The Hall–Kier alpha value is -0.580. The standard InChI is InChI=1S/C14H18BrClN2O/c1-11-12(3-2-4-13(11)15)14(19)18-9-7-17(6-5-16)8-10-18/h2-4H,5-10H2,1H3. The average molecular weight is 346 g/mol. The third kappa shape index (κ3) is 3.50. The minimum atomic E-state index is 0.129. The van der Waals surface area contributed by atoms with Gasteiger partial charge in [-0.1, -0.05) is 22.0 Å². The third-order valence-electron chi connectivity index (χ3n) is 3.56. The summed E-state index contributed by atoms with van der Waals surface area (Å²) in [5, 5.41) is 0. The summed E-state index contributed by atoms with van der Waals surface area (Å²) in [5.74, 6) is 0.780. The van der Waals surface area contributed by atoms with E-state index in [2.05, 4.69) is 20.8 Å². The second-order valence-corrected chi connectivity index (χ2v) is 5.97. The van der Waals surface area contributed by atoms with Gasteiger partial charge < -0.3 is 4.90 Å². The van der Waals surface area contributed by atoms with Crippen LogP contribution in [0.15, 0.2) is 22.7 Å². The van der Waals surface area contributed by atoms with Crippen LogP contribution in [0.1, 0.15) is 15.9 Å². The predicted molar refractivity (Wildman–Crippen MR) is 81.9 cm³/mol. The van der Waals surface area contributed by atoms with Crippen LogP contribution in [-0.4, -0.2) is 54.3 Å². The molecule has 0 N–H and O–H groups in total. The maximum absolute atomic E-state index is 12.5. The van der Waals surface area contributed by atoms with E-state index in [0.29, 0.717) is 5.88 Å². The molecule has 2 rings (SSSR count). The number of amides is 1. The van der Waals surface area contributed by atoms with Gasteiger partial charge in [-0.25, -0.2) is 0 Å². The molecule has 1 aromatic carbocycles. The second kappa shape index (κ2) is 6.73. The van der Waals surface area contributed by atoms with Gasteiger partial charge in [0, 0.05) is 48.6 Å². The molecule has 104 valence electrons. The fourth-order valence-electron chi connectivity index (χ4n) is 2.30. The highest BCUT2D eigenvalue weighted by atomic mass is 79.9. The predicted octanol–water partition coefficient (Wildman–Crippen LogP) is 2.75. The first kappa shape index (κ1) is 14.8. The molecular weight excluding hydrogens is 328 g/mol. The number of rotatable bonds is 3. The SMILES string of the molecule is Cc1c(Br)cccc1C(=O)N1CCN(CCCl)CC1. The van der Waals surface area contributed by atoms with Crippen LogP contribution in [0.25, 0.3) is 0 Å². The lowest BCUT2D eigenvalue weighted by atomic mass is 10.1. The van der Waals surface area contributed by atoms with Crippen molar-refractivity contribution in [2.24, 2.45) is 0 Å². The third-order valence-corrected chi connectivity index (χ3v) is 4.59. The maximum Gasteiger partial charge on any atom is 0.254 e. The Morgan fingerprint density at radius 2 is 2.00 bits per heavy atom. The fraction of sp³-hybridized carbons (Fsp3) is 0.500. The van der Waals surface area contributed by atoms with E-state index in [9.17, 15) is 4.79 Å². The van der Waals surface area contributed by atoms with Gasteiger partial charge in [-0.2, -0.15) is 0 Å². The van der Waals surface area contributed by atoms with Gasteiger partial charge >= 0.3 is 0 Å². The summed E-state index contributed by atoms with van der Waals surface area (Å²) < 4.78 is 0.985. The molecule has 1 heterocycles. The van der Waals surface area contributed by atoms with Crippen LogP contribution >= 0.6 is 27.5 Å². The van der Waals surface area contributed by atoms with Crippen molar-refractivity contribution in [1.82, 2.24) is 9.80 Å². The summed E-state index contributed by atoms with van der Waals surface area (Å²) in [6, 6.07) is 5.77. The number of halogens is 2. The Bertz CT molecular complexity index is 459. The van der Waals surface area contributed by atoms with Gasteiger partial charge in [0.05, 0.1) is 0 Å². The minimum absolute atomic E-state index is 0.129. The van der Waals surface area contributed by atoms with E-state index in [1.165, 1.54) is 0 Å². The Balaban J connectivity index is 2.03. The molecule has 1 amide bonds. The van der Waals surface area contributed by atoms with Gasteiger partial charge in [0.2, 0.25) is 0 Å². The Kier molecular flexibility index (Phi) is 5.25. The Labute approximate surface area is 127 Å². The van der Waals surface area contributed by atoms with Crippen molar-refractivity contribution in [1.29, 1.82) is 0 Å². The van der Waals surface area contributed by atoms with Crippen LogP contribution in [-0.2, 0) is 0 Å². The maximum atomic E-state index is 12.5. The molecule has 0 spiro atoms. The first-order valence-corrected chi connectivity index (χ1v) is 7.79. The highest BCUT2D eigenvalue weighted by molar-refractivity contribution is 9.10. The molecule has 1 aliphatic heterocycles. The van der Waals surface area contributed by atoms with Crippen molar-refractivity contribution < 1.29 is 4.79 Å². The summed E-state index contributed by atoms with van der Waals surface area (Å²) in [6.07, 6.45) is 0. The Morgan fingerprint density at radius 3 is 2.63 bits per heavy atom. The average Bonchev–Trinajstić information content (AvgIpc) is 2.42. The lowest BCUT2D eigenvalue weighted by Crippen LogP contribution is -2.49. The molecule has 1 fully saturated rings. The smallest absolute Gasteiger partial charge is 0.254 e. The zero-order chi connectivity index (χ0) is 13.8. The van der Waals surface area contributed by atoms with E-state index in [4.69, 9.17) is 11.6 Å². The Morgan fingerprint density at radius 1 is 1.32 bits per heavy atom. The molecule has 0 bridgehead atoms. The first-order valence-electron chi connectivity index (χ1n) is 6.46. The zero-order valence-corrected chi connectivity index (χ0v) is 13.4. The number of carbonyl (C=O) groups excluding carboxylic acids is 1. The van der Waals surface area contributed by atoms with Crippen molar-refractivity contribution in [2.75, 3.05) is 38.6 Å². The van der Waals surface area contributed by atoms with Crippen molar-refractivity contribution in [2.45, 2.75) is 6.92 Å². The molecular formula is C14H18BrClN2O. The van der Waals surface area contributed by atoms with Crippen molar-refractivity contribution in [3.8, 4) is 0 Å². The largest absolute Gasteiger partial charge is 0.336 e. The van der Waals surface area contributed by atoms with Gasteiger partial charge in [0.15, 0.2) is 0 Å². The second-order valence-electron chi connectivity index (χ2n) is 4.74. The fourth-order valence-corrected chi connectivity index (χ4v) is 2.91. The summed E-state index contributed by atoms with van der Waals surface area (Å²) in [4.78, 5) is 16.7. The summed E-state index contributed by atoms with van der Waals surface area (Å²) in [5.41, 5.74) is 1.80. The first-order chi connectivity index (χ1) is 9.13. The molecule has 0 aliphatic carbocycles. The molecule has 0 aromatic heterocycles. The van der Waals surface area contributed by atoms with Gasteiger partial charge in [-0.3, -0.25) is 9.69 Å². The molecule has 5 heteroatoms. The molecule has 0 unspecified atom stereocenters. The monoisotopic (exact) mass is 344 g/mol.